The Labute approximate surface area is 370 Å². The van der Waals surface area contributed by atoms with Crippen LogP contribution in [0.3, 0.4) is 0 Å². The van der Waals surface area contributed by atoms with Crippen molar-refractivity contribution in [1.29, 1.82) is 0 Å². The second-order valence-corrected chi connectivity index (χ2v) is 54.1. The van der Waals surface area contributed by atoms with Crippen molar-refractivity contribution in [2.45, 2.75) is 128 Å². The van der Waals surface area contributed by atoms with Gasteiger partial charge in [-0.15, -0.1) is 0 Å². The third-order valence-corrected chi connectivity index (χ3v) is 39.8. The molecule has 4 aromatic rings. The molecule has 0 amide bonds. The van der Waals surface area contributed by atoms with E-state index < -0.39 is 32.6 Å². The zero-order valence-electron chi connectivity index (χ0n) is 38.9. The summed E-state index contributed by atoms with van der Waals surface area (Å²) in [6.45, 7) is 34.0. The fraction of sp³-hybridized carbons (Fsp3) is 0.462. The molecular formula is C52H73BCl2NSi2Zr. The molecule has 0 saturated carbocycles. The molecule has 315 valence electrons. The van der Waals surface area contributed by atoms with Gasteiger partial charge < -0.3 is 0 Å². The van der Waals surface area contributed by atoms with Crippen LogP contribution in [-0.2, 0) is 29.0 Å². The van der Waals surface area contributed by atoms with E-state index >= 15 is 0 Å². The van der Waals surface area contributed by atoms with Crippen molar-refractivity contribution in [2.24, 2.45) is 23.7 Å². The Bertz CT molecular complexity index is 2070. The van der Waals surface area contributed by atoms with Crippen LogP contribution in [-0.4, -0.2) is 25.6 Å². The van der Waals surface area contributed by atoms with Crippen molar-refractivity contribution >= 4 is 50.6 Å². The number of hydrogen-bond acceptors (Lipinski definition) is 1. The van der Waals surface area contributed by atoms with Crippen LogP contribution in [0.1, 0.15) is 109 Å². The number of hydrogen-bond donors (Lipinski definition) is 0. The third kappa shape index (κ3) is 9.77. The molecule has 0 spiro atoms. The topological polar surface area (TPSA) is 3.24 Å². The van der Waals surface area contributed by atoms with Gasteiger partial charge in [0.2, 0.25) is 0 Å². The molecule has 0 radical (unpaired) electrons. The summed E-state index contributed by atoms with van der Waals surface area (Å²) in [6.07, 6.45) is 9.23. The third-order valence-electron chi connectivity index (χ3n) is 12.7. The molecule has 0 saturated heterocycles. The van der Waals surface area contributed by atoms with Crippen molar-refractivity contribution < 1.29 is 16.2 Å². The van der Waals surface area contributed by atoms with E-state index in [9.17, 15) is 17.0 Å². The number of rotatable bonds is 16. The minimum absolute atomic E-state index is 0.00650. The van der Waals surface area contributed by atoms with E-state index in [1.165, 1.54) is 66.8 Å². The molecule has 0 N–H and O–H groups in total. The molecule has 2 unspecified atom stereocenters. The minimum atomic E-state index is -5.39. The Hall–Kier alpha value is -1.72. The first-order valence-corrected chi connectivity index (χ1v) is 40.5. The summed E-state index contributed by atoms with van der Waals surface area (Å²) in [5, 5.41) is 0. The maximum atomic E-state index is 9.32. The van der Waals surface area contributed by atoms with Crippen LogP contribution in [0.5, 0.6) is 0 Å². The Morgan fingerprint density at radius 1 is 0.492 bits per heavy atom. The Morgan fingerprint density at radius 3 is 1.17 bits per heavy atom. The number of halogens is 2. The van der Waals surface area contributed by atoms with Gasteiger partial charge in [-0.3, -0.25) is 0 Å². The molecule has 4 aromatic carbocycles. The van der Waals surface area contributed by atoms with E-state index in [-0.39, 0.29) is 7.25 Å². The Morgan fingerprint density at radius 2 is 0.831 bits per heavy atom. The molecule has 0 fully saturated rings. The van der Waals surface area contributed by atoms with Crippen molar-refractivity contribution in [3.05, 3.63) is 129 Å². The van der Waals surface area contributed by atoms with Gasteiger partial charge in [0.05, 0.1) is 0 Å². The van der Waals surface area contributed by atoms with Crippen LogP contribution in [0, 0.1) is 23.7 Å². The molecule has 0 aliphatic heterocycles. The predicted molar refractivity (Wildman–Crippen MR) is 269 cm³/mol. The first-order valence-electron chi connectivity index (χ1n) is 22.7. The molecular weight excluding hydrogens is 868 g/mol. The monoisotopic (exact) mass is 938 g/mol. The summed E-state index contributed by atoms with van der Waals surface area (Å²) in [6, 6.07) is 32.4. The molecule has 2 atom stereocenters. The summed E-state index contributed by atoms with van der Waals surface area (Å²) in [7, 11) is 14.8. The number of nitrogens with zero attached hydrogens (tertiary/aromatic N) is 1. The van der Waals surface area contributed by atoms with Gasteiger partial charge in [-0.25, -0.2) is 0 Å². The van der Waals surface area contributed by atoms with Gasteiger partial charge in [-0.2, -0.15) is 0 Å². The van der Waals surface area contributed by atoms with E-state index in [0.717, 1.165) is 30.6 Å². The molecule has 2 aliphatic rings. The zero-order valence-corrected chi connectivity index (χ0v) is 44.9. The molecule has 0 heterocycles. The van der Waals surface area contributed by atoms with E-state index in [0.29, 0.717) is 23.7 Å². The number of benzene rings is 4. The molecule has 1 nitrogen and oxygen atoms in total. The predicted octanol–water partition coefficient (Wildman–Crippen LogP) is 16.3. The molecule has 0 bridgehead atoms. The second kappa shape index (κ2) is 17.8. The van der Waals surface area contributed by atoms with Crippen molar-refractivity contribution in [2.75, 3.05) is 0 Å². The summed E-state index contributed by atoms with van der Waals surface area (Å²) in [5.41, 5.74) is 16.5. The summed E-state index contributed by atoms with van der Waals surface area (Å²) >= 11 is -5.39. The average Bonchev–Trinajstić information content (AvgIpc) is 3.68. The maximum absolute atomic E-state index is 9.32. The summed E-state index contributed by atoms with van der Waals surface area (Å²) in [4.78, 5) is 0.817. The van der Waals surface area contributed by atoms with Crippen LogP contribution < -0.4 is 0 Å². The van der Waals surface area contributed by atoms with Gasteiger partial charge in [0, 0.05) is 0 Å². The van der Waals surface area contributed by atoms with Gasteiger partial charge in [-0.1, -0.05) is 0 Å². The van der Waals surface area contributed by atoms with Crippen LogP contribution in [0.25, 0.3) is 34.4 Å². The summed E-state index contributed by atoms with van der Waals surface area (Å²) < 4.78 is 2.95. The normalized spacial score (nSPS) is 17.7. The van der Waals surface area contributed by atoms with E-state index in [1.54, 1.807) is 0 Å². The van der Waals surface area contributed by atoms with Crippen LogP contribution in [0.15, 0.2) is 96.1 Å². The van der Waals surface area contributed by atoms with Crippen molar-refractivity contribution in [1.82, 2.24) is 4.14 Å². The first-order chi connectivity index (χ1) is 27.5. The van der Waals surface area contributed by atoms with E-state index in [4.69, 9.17) is 0 Å². The fourth-order valence-electron chi connectivity index (χ4n) is 11.0. The quantitative estimate of drug-likeness (QED) is 0.101. The van der Waals surface area contributed by atoms with Gasteiger partial charge >= 0.3 is 374 Å². The molecule has 6 rings (SSSR count). The van der Waals surface area contributed by atoms with Crippen LogP contribution in [0.2, 0.25) is 39.3 Å². The van der Waals surface area contributed by atoms with Crippen LogP contribution in [0.4, 0.5) is 0 Å². The second-order valence-electron chi connectivity index (χ2n) is 21.9. The average molecular weight is 941 g/mol. The Balaban J connectivity index is 1.70. The molecule has 2 aliphatic carbocycles. The van der Waals surface area contributed by atoms with Gasteiger partial charge in [0.1, 0.15) is 0 Å². The van der Waals surface area contributed by atoms with E-state index in [2.05, 4.69) is 196 Å². The van der Waals surface area contributed by atoms with Crippen LogP contribution >= 0.6 is 17.0 Å². The Kier molecular flexibility index (Phi) is 14.1. The number of fused-ring (bicyclic) bond motifs is 2. The molecule has 59 heavy (non-hydrogen) atoms. The van der Waals surface area contributed by atoms with Crippen molar-refractivity contribution in [3.8, 4) is 22.3 Å². The van der Waals surface area contributed by atoms with Crippen molar-refractivity contribution in [3.63, 3.8) is 0 Å². The van der Waals surface area contributed by atoms with Gasteiger partial charge in [0.15, 0.2) is 0 Å². The standard InChI is InChI=1S/2C23H27.C6H19BNSi2.2ClH.Zr/c2*1-16(2)12-18-14-20-9-7-11-22(23(20)15-18)21-10-6-5-8-19(21)13-17(3)4;1-9(2,3)8(7)10(4,5)6;;;/h2*5-11,14-17H,12-13H2,1-4H3;7H,1-6H3;2*1H;/q;;+1;;;+1/p-2. The summed E-state index contributed by atoms with van der Waals surface area (Å²) in [5.74, 6) is 2.07. The number of allylic oxidation sites excluding steroid dienone is 2. The molecule has 0 aromatic heterocycles. The zero-order chi connectivity index (χ0) is 43.3. The van der Waals surface area contributed by atoms with Gasteiger partial charge in [-0.05, 0) is 0 Å². The van der Waals surface area contributed by atoms with Gasteiger partial charge in [0.25, 0.3) is 0 Å². The molecule has 7 heteroatoms. The SMILES string of the molecule is CC(C)CC1=Cc2c(-c3ccccc3CC(C)C)cccc2[CH]1[Zr]([Cl])([Cl])([BH]N([Si](C)(C)C)[Si](C)(C)C)[CH]1C(CC(C)C)=Cc2c(-c3ccccc3CC(C)C)cccc21. The fourth-order valence-corrected chi connectivity index (χ4v) is 53.2. The van der Waals surface area contributed by atoms with E-state index in [1.807, 2.05) is 0 Å². The first kappa shape index (κ1) is 46.8.